The highest BCUT2D eigenvalue weighted by Gasteiger charge is 2.15. The molecule has 1 heterocycles. The van der Waals surface area contributed by atoms with Crippen molar-refractivity contribution in [2.75, 3.05) is 0 Å². The SMILES string of the molecule is Cc1c(Br)c(/C=N\NC(=O)CC#N)c(C)n1-c1ccccc1. The zero-order valence-electron chi connectivity index (χ0n) is 12.3. The number of nitrogens with zero attached hydrogens (tertiary/aromatic N) is 3. The van der Waals surface area contributed by atoms with Gasteiger partial charge in [-0.25, -0.2) is 5.43 Å². The lowest BCUT2D eigenvalue weighted by atomic mass is 10.2. The lowest BCUT2D eigenvalue weighted by Crippen LogP contribution is -2.16. The molecule has 0 bridgehead atoms. The Hall–Kier alpha value is -2.39. The van der Waals surface area contributed by atoms with Gasteiger partial charge < -0.3 is 4.57 Å². The first-order valence-electron chi connectivity index (χ1n) is 6.68. The molecule has 0 aliphatic rings. The third kappa shape index (κ3) is 3.26. The number of nitriles is 1. The molecule has 0 unspecified atom stereocenters. The quantitative estimate of drug-likeness (QED) is 0.673. The second kappa shape index (κ2) is 7.05. The number of benzene rings is 1. The summed E-state index contributed by atoms with van der Waals surface area (Å²) in [5.74, 6) is -0.424. The number of para-hydroxylation sites is 1. The predicted octanol–water partition coefficient (Wildman–Crippen LogP) is 3.22. The van der Waals surface area contributed by atoms with Crippen molar-refractivity contribution in [2.45, 2.75) is 20.3 Å². The van der Waals surface area contributed by atoms with Crippen LogP contribution < -0.4 is 5.43 Å². The van der Waals surface area contributed by atoms with Crippen molar-refractivity contribution in [1.29, 1.82) is 5.26 Å². The molecule has 6 heteroatoms. The average molecular weight is 359 g/mol. The molecule has 5 nitrogen and oxygen atoms in total. The number of carbonyl (C=O) groups excluding carboxylic acids is 1. The van der Waals surface area contributed by atoms with E-state index in [0.717, 1.165) is 27.1 Å². The smallest absolute Gasteiger partial charge is 0.254 e. The molecular formula is C16H15BrN4O. The van der Waals surface area contributed by atoms with Gasteiger partial charge in [0.1, 0.15) is 6.42 Å². The fourth-order valence-electron chi connectivity index (χ4n) is 2.22. The van der Waals surface area contributed by atoms with Crippen LogP contribution in [0.4, 0.5) is 0 Å². The second-order valence-corrected chi connectivity index (χ2v) is 5.49. The summed E-state index contributed by atoms with van der Waals surface area (Å²) in [5, 5.41) is 12.3. The summed E-state index contributed by atoms with van der Waals surface area (Å²) in [6, 6.07) is 11.8. The highest BCUT2D eigenvalue weighted by molar-refractivity contribution is 9.10. The Morgan fingerprint density at radius 3 is 2.68 bits per heavy atom. The summed E-state index contributed by atoms with van der Waals surface area (Å²) in [4.78, 5) is 11.2. The van der Waals surface area contributed by atoms with E-state index in [1.54, 1.807) is 12.3 Å². The van der Waals surface area contributed by atoms with Crippen LogP contribution in [0.25, 0.3) is 5.69 Å². The molecule has 2 rings (SSSR count). The van der Waals surface area contributed by atoms with Gasteiger partial charge in [-0.1, -0.05) is 18.2 Å². The number of hydrazone groups is 1. The largest absolute Gasteiger partial charge is 0.317 e. The van der Waals surface area contributed by atoms with Gasteiger partial charge in [-0.05, 0) is 41.9 Å². The van der Waals surface area contributed by atoms with Crippen LogP contribution in [0.15, 0.2) is 39.9 Å². The van der Waals surface area contributed by atoms with Crippen molar-refractivity contribution in [2.24, 2.45) is 5.10 Å². The average Bonchev–Trinajstić information content (AvgIpc) is 2.72. The lowest BCUT2D eigenvalue weighted by molar-refractivity contribution is -0.120. The van der Waals surface area contributed by atoms with Crippen molar-refractivity contribution in [3.8, 4) is 11.8 Å². The minimum absolute atomic E-state index is 0.207. The van der Waals surface area contributed by atoms with Crippen LogP contribution in [-0.2, 0) is 4.79 Å². The first-order chi connectivity index (χ1) is 10.6. The Bertz CT molecular complexity index is 757. The van der Waals surface area contributed by atoms with E-state index in [-0.39, 0.29) is 6.42 Å². The number of carbonyl (C=O) groups is 1. The summed E-state index contributed by atoms with van der Waals surface area (Å²) >= 11 is 3.57. The summed E-state index contributed by atoms with van der Waals surface area (Å²) in [6.45, 7) is 4.00. The van der Waals surface area contributed by atoms with Crippen LogP contribution >= 0.6 is 15.9 Å². The third-order valence-corrected chi connectivity index (χ3v) is 4.25. The zero-order chi connectivity index (χ0) is 16.1. The summed E-state index contributed by atoms with van der Waals surface area (Å²) in [7, 11) is 0. The van der Waals surface area contributed by atoms with Crippen LogP contribution in [0, 0.1) is 25.2 Å². The summed E-state index contributed by atoms with van der Waals surface area (Å²) < 4.78 is 3.04. The van der Waals surface area contributed by atoms with Gasteiger partial charge >= 0.3 is 0 Å². The first-order valence-corrected chi connectivity index (χ1v) is 7.47. The topological polar surface area (TPSA) is 70.2 Å². The molecule has 0 aliphatic carbocycles. The number of nitrogens with one attached hydrogen (secondary N) is 1. The van der Waals surface area contributed by atoms with Gasteiger partial charge in [0, 0.05) is 27.1 Å². The van der Waals surface area contributed by atoms with Gasteiger partial charge in [0.2, 0.25) is 0 Å². The first kappa shape index (κ1) is 16.0. The number of halogens is 1. The Morgan fingerprint density at radius 2 is 2.05 bits per heavy atom. The molecule has 1 amide bonds. The van der Waals surface area contributed by atoms with E-state index in [2.05, 4.69) is 31.0 Å². The second-order valence-electron chi connectivity index (χ2n) is 4.70. The van der Waals surface area contributed by atoms with E-state index in [1.165, 1.54) is 0 Å². The maximum atomic E-state index is 11.2. The molecule has 1 aromatic heterocycles. The maximum Gasteiger partial charge on any atom is 0.254 e. The van der Waals surface area contributed by atoms with Gasteiger partial charge in [0.05, 0.1) is 12.3 Å². The van der Waals surface area contributed by atoms with E-state index in [0.29, 0.717) is 0 Å². The van der Waals surface area contributed by atoms with Gasteiger partial charge in [-0.2, -0.15) is 10.4 Å². The molecule has 0 spiro atoms. The number of aromatic nitrogens is 1. The van der Waals surface area contributed by atoms with E-state index >= 15 is 0 Å². The Labute approximate surface area is 137 Å². The summed E-state index contributed by atoms with van der Waals surface area (Å²) in [6.07, 6.45) is 1.38. The number of hydrogen-bond acceptors (Lipinski definition) is 3. The fourth-order valence-corrected chi connectivity index (χ4v) is 2.79. The highest BCUT2D eigenvalue weighted by atomic mass is 79.9. The number of hydrogen-bond donors (Lipinski definition) is 1. The molecule has 2 aromatic rings. The lowest BCUT2D eigenvalue weighted by Gasteiger charge is -2.08. The monoisotopic (exact) mass is 358 g/mol. The molecule has 0 saturated carbocycles. The van der Waals surface area contributed by atoms with Crippen LogP contribution in [-0.4, -0.2) is 16.7 Å². The Morgan fingerprint density at radius 1 is 1.36 bits per heavy atom. The van der Waals surface area contributed by atoms with Gasteiger partial charge in [-0.3, -0.25) is 4.79 Å². The van der Waals surface area contributed by atoms with Gasteiger partial charge in [-0.15, -0.1) is 0 Å². The minimum Gasteiger partial charge on any atom is -0.317 e. The molecule has 0 saturated heterocycles. The molecule has 1 aromatic carbocycles. The standard InChI is InChI=1S/C16H15BrN4O/c1-11-14(10-19-20-15(22)8-9-18)16(17)12(2)21(11)13-6-4-3-5-7-13/h3-7,10H,8H2,1-2H3,(H,20,22)/b19-10-. The van der Waals surface area contributed by atoms with E-state index in [9.17, 15) is 4.79 Å². The van der Waals surface area contributed by atoms with Crippen LogP contribution in [0.2, 0.25) is 0 Å². The maximum absolute atomic E-state index is 11.2. The van der Waals surface area contributed by atoms with E-state index < -0.39 is 5.91 Å². The predicted molar refractivity (Wildman–Crippen MR) is 88.9 cm³/mol. The van der Waals surface area contributed by atoms with Crippen LogP contribution in [0.5, 0.6) is 0 Å². The molecular weight excluding hydrogens is 344 g/mol. The van der Waals surface area contributed by atoms with E-state index in [1.807, 2.05) is 44.2 Å². The Balaban J connectivity index is 2.33. The summed E-state index contributed by atoms with van der Waals surface area (Å²) in [5.41, 5.74) is 6.34. The van der Waals surface area contributed by atoms with Gasteiger partial charge in [0.15, 0.2) is 0 Å². The molecule has 22 heavy (non-hydrogen) atoms. The van der Waals surface area contributed by atoms with Crippen molar-refractivity contribution in [1.82, 2.24) is 9.99 Å². The fraction of sp³-hybridized carbons (Fsp3) is 0.188. The third-order valence-electron chi connectivity index (χ3n) is 3.25. The molecule has 0 radical (unpaired) electrons. The van der Waals surface area contributed by atoms with Crippen LogP contribution in [0.3, 0.4) is 0 Å². The molecule has 0 fully saturated rings. The number of amides is 1. The van der Waals surface area contributed by atoms with Crippen LogP contribution in [0.1, 0.15) is 23.4 Å². The highest BCUT2D eigenvalue weighted by Crippen LogP contribution is 2.29. The van der Waals surface area contributed by atoms with Crippen molar-refractivity contribution in [3.63, 3.8) is 0 Å². The zero-order valence-corrected chi connectivity index (χ0v) is 13.9. The normalized spacial score (nSPS) is 10.6. The molecule has 0 atom stereocenters. The molecule has 112 valence electrons. The van der Waals surface area contributed by atoms with Crippen molar-refractivity contribution < 1.29 is 4.79 Å². The minimum atomic E-state index is -0.424. The van der Waals surface area contributed by atoms with E-state index in [4.69, 9.17) is 5.26 Å². The van der Waals surface area contributed by atoms with Crippen molar-refractivity contribution in [3.05, 3.63) is 51.8 Å². The Kier molecular flexibility index (Phi) is 5.12. The molecule has 0 aliphatic heterocycles. The molecule has 1 N–H and O–H groups in total. The van der Waals surface area contributed by atoms with Crippen molar-refractivity contribution >= 4 is 28.1 Å². The van der Waals surface area contributed by atoms with Gasteiger partial charge in [0.25, 0.3) is 5.91 Å². The number of rotatable bonds is 4.